The number of carboxylic acid groups (broad SMARTS) is 1. The maximum atomic E-state index is 11.0. The van der Waals surface area contributed by atoms with Crippen molar-refractivity contribution < 1.29 is 9.90 Å². The van der Waals surface area contributed by atoms with Crippen molar-refractivity contribution >= 4 is 17.6 Å². The van der Waals surface area contributed by atoms with Crippen LogP contribution in [0.1, 0.15) is 18.5 Å². The number of rotatable bonds is 3. The fourth-order valence-electron chi connectivity index (χ4n) is 1.61. The lowest BCUT2D eigenvalue weighted by atomic mass is 10.1. The van der Waals surface area contributed by atoms with Crippen molar-refractivity contribution in [1.82, 2.24) is 20.2 Å². The van der Waals surface area contributed by atoms with Crippen LogP contribution >= 0.6 is 11.6 Å². The van der Waals surface area contributed by atoms with Crippen LogP contribution in [0.4, 0.5) is 0 Å². The van der Waals surface area contributed by atoms with Crippen LogP contribution in [0.25, 0.3) is 11.4 Å². The second-order valence-corrected chi connectivity index (χ2v) is 4.36. The minimum Gasteiger partial charge on any atom is -0.480 e. The lowest BCUT2D eigenvalue weighted by molar-refractivity contribution is -0.140. The highest BCUT2D eigenvalue weighted by Crippen LogP contribution is 2.25. The molecule has 0 saturated heterocycles. The van der Waals surface area contributed by atoms with Crippen molar-refractivity contribution in [1.29, 1.82) is 0 Å². The SMILES string of the molecule is Cc1cc(Cl)ccc1-c1nnnn1C(C)C(=O)O. The van der Waals surface area contributed by atoms with Crippen molar-refractivity contribution in [3.8, 4) is 11.4 Å². The average Bonchev–Trinajstić information content (AvgIpc) is 2.76. The van der Waals surface area contributed by atoms with E-state index in [-0.39, 0.29) is 0 Å². The molecule has 1 atom stereocenters. The van der Waals surface area contributed by atoms with Gasteiger partial charge in [0.05, 0.1) is 0 Å². The van der Waals surface area contributed by atoms with E-state index in [1.807, 2.05) is 6.92 Å². The summed E-state index contributed by atoms with van der Waals surface area (Å²) < 4.78 is 1.28. The van der Waals surface area contributed by atoms with Crippen LogP contribution in [-0.4, -0.2) is 31.3 Å². The normalized spacial score (nSPS) is 12.4. The molecule has 0 amide bonds. The molecule has 2 rings (SSSR count). The van der Waals surface area contributed by atoms with Crippen molar-refractivity contribution in [3.63, 3.8) is 0 Å². The number of hydrogen-bond donors (Lipinski definition) is 1. The molecule has 2 aromatic rings. The van der Waals surface area contributed by atoms with Crippen molar-refractivity contribution in [2.45, 2.75) is 19.9 Å². The molecule has 0 aliphatic rings. The molecule has 1 aromatic carbocycles. The van der Waals surface area contributed by atoms with Gasteiger partial charge in [0.2, 0.25) is 0 Å². The molecule has 0 aliphatic carbocycles. The Balaban J connectivity index is 2.52. The maximum Gasteiger partial charge on any atom is 0.328 e. The van der Waals surface area contributed by atoms with E-state index in [1.165, 1.54) is 11.6 Å². The quantitative estimate of drug-likeness (QED) is 0.918. The average molecular weight is 267 g/mol. The molecule has 7 heteroatoms. The highest BCUT2D eigenvalue weighted by Gasteiger charge is 2.21. The minimum atomic E-state index is -0.991. The summed E-state index contributed by atoms with van der Waals surface area (Å²) in [7, 11) is 0. The lowest BCUT2D eigenvalue weighted by Crippen LogP contribution is -2.18. The van der Waals surface area contributed by atoms with Gasteiger partial charge in [0.1, 0.15) is 0 Å². The molecule has 6 nitrogen and oxygen atoms in total. The van der Waals surface area contributed by atoms with Crippen LogP contribution in [0.2, 0.25) is 5.02 Å². The number of carboxylic acids is 1. The largest absolute Gasteiger partial charge is 0.480 e. The zero-order chi connectivity index (χ0) is 13.3. The first-order valence-electron chi connectivity index (χ1n) is 5.28. The number of aromatic nitrogens is 4. The van der Waals surface area contributed by atoms with Crippen LogP contribution in [0.5, 0.6) is 0 Å². The third-order valence-corrected chi connectivity index (χ3v) is 2.88. The number of tetrazole rings is 1. The Hall–Kier alpha value is -1.95. The second-order valence-electron chi connectivity index (χ2n) is 3.92. The molecular weight excluding hydrogens is 256 g/mol. The zero-order valence-corrected chi connectivity index (χ0v) is 10.6. The Bertz CT molecular complexity index is 596. The van der Waals surface area contributed by atoms with Gasteiger partial charge in [0.15, 0.2) is 11.9 Å². The third-order valence-electron chi connectivity index (χ3n) is 2.65. The molecule has 1 N–H and O–H groups in total. The summed E-state index contributed by atoms with van der Waals surface area (Å²) in [6, 6.07) is 4.44. The zero-order valence-electron chi connectivity index (χ0n) is 9.83. The number of aryl methyl sites for hydroxylation is 1. The van der Waals surface area contributed by atoms with Crippen LogP contribution in [0, 0.1) is 6.92 Å². The standard InChI is InChI=1S/C11H11ClN4O2/c1-6-5-8(12)3-4-9(6)10-13-14-15-16(10)7(2)11(17)18/h3-5,7H,1-2H3,(H,17,18). The molecule has 1 heterocycles. The number of nitrogens with zero attached hydrogens (tertiary/aromatic N) is 4. The Morgan fingerprint density at radius 1 is 1.50 bits per heavy atom. The second kappa shape index (κ2) is 4.73. The molecule has 1 unspecified atom stereocenters. The van der Waals surface area contributed by atoms with E-state index in [9.17, 15) is 4.79 Å². The van der Waals surface area contributed by atoms with Gasteiger partial charge >= 0.3 is 5.97 Å². The summed E-state index contributed by atoms with van der Waals surface area (Å²) in [6.07, 6.45) is 0. The Labute approximate surface area is 108 Å². The highest BCUT2D eigenvalue weighted by atomic mass is 35.5. The molecule has 18 heavy (non-hydrogen) atoms. The number of aliphatic carboxylic acids is 1. The third kappa shape index (κ3) is 2.19. The topological polar surface area (TPSA) is 80.9 Å². The first kappa shape index (κ1) is 12.5. The molecule has 1 aromatic heterocycles. The Morgan fingerprint density at radius 3 is 2.83 bits per heavy atom. The molecule has 0 saturated carbocycles. The summed E-state index contributed by atoms with van der Waals surface area (Å²) in [6.45, 7) is 3.39. The summed E-state index contributed by atoms with van der Waals surface area (Å²) >= 11 is 5.88. The van der Waals surface area contributed by atoms with E-state index in [2.05, 4.69) is 15.5 Å². The van der Waals surface area contributed by atoms with Crippen molar-refractivity contribution in [2.75, 3.05) is 0 Å². The summed E-state index contributed by atoms with van der Waals surface area (Å²) in [5.41, 5.74) is 1.65. The van der Waals surface area contributed by atoms with E-state index in [1.54, 1.807) is 18.2 Å². The fourth-order valence-corrected chi connectivity index (χ4v) is 1.84. The minimum absolute atomic E-state index is 0.416. The fraction of sp³-hybridized carbons (Fsp3) is 0.273. The van der Waals surface area contributed by atoms with Crippen LogP contribution < -0.4 is 0 Å². The summed E-state index contributed by atoms with van der Waals surface area (Å²) in [5.74, 6) is -0.575. The van der Waals surface area contributed by atoms with E-state index < -0.39 is 12.0 Å². The predicted octanol–water partition coefficient (Wildman–Crippen LogP) is 1.95. The van der Waals surface area contributed by atoms with Gasteiger partial charge < -0.3 is 5.11 Å². The van der Waals surface area contributed by atoms with Crippen LogP contribution in [0.3, 0.4) is 0 Å². The summed E-state index contributed by atoms with van der Waals surface area (Å²) in [4.78, 5) is 11.0. The molecule has 0 aliphatic heterocycles. The molecule has 94 valence electrons. The predicted molar refractivity (Wildman–Crippen MR) is 65.3 cm³/mol. The van der Waals surface area contributed by atoms with Crippen LogP contribution in [0.15, 0.2) is 18.2 Å². The molecule has 0 spiro atoms. The first-order chi connectivity index (χ1) is 8.50. The van der Waals surface area contributed by atoms with Gasteiger partial charge in [-0.15, -0.1) is 5.10 Å². The van der Waals surface area contributed by atoms with E-state index in [0.29, 0.717) is 10.8 Å². The van der Waals surface area contributed by atoms with E-state index >= 15 is 0 Å². The molecule has 0 radical (unpaired) electrons. The summed E-state index contributed by atoms with van der Waals surface area (Å²) in [5, 5.41) is 20.7. The van der Waals surface area contributed by atoms with E-state index in [0.717, 1.165) is 11.1 Å². The molecular formula is C11H11ClN4O2. The molecule has 0 fully saturated rings. The van der Waals surface area contributed by atoms with E-state index in [4.69, 9.17) is 16.7 Å². The number of hydrogen-bond acceptors (Lipinski definition) is 4. The first-order valence-corrected chi connectivity index (χ1v) is 5.65. The highest BCUT2D eigenvalue weighted by molar-refractivity contribution is 6.30. The van der Waals surface area contributed by atoms with Crippen LogP contribution in [-0.2, 0) is 4.79 Å². The van der Waals surface area contributed by atoms with Gasteiger partial charge in [-0.1, -0.05) is 11.6 Å². The Kier molecular flexibility index (Phi) is 3.29. The smallest absolute Gasteiger partial charge is 0.328 e. The number of carbonyl (C=O) groups is 1. The Morgan fingerprint density at radius 2 is 2.22 bits per heavy atom. The van der Waals surface area contributed by atoms with Gasteiger partial charge in [0, 0.05) is 10.6 Å². The monoisotopic (exact) mass is 266 g/mol. The van der Waals surface area contributed by atoms with Gasteiger partial charge in [-0.3, -0.25) is 0 Å². The maximum absolute atomic E-state index is 11.0. The van der Waals surface area contributed by atoms with Gasteiger partial charge in [-0.05, 0) is 48.0 Å². The van der Waals surface area contributed by atoms with Gasteiger partial charge in [-0.25, -0.2) is 9.48 Å². The van der Waals surface area contributed by atoms with Gasteiger partial charge in [-0.2, -0.15) is 0 Å². The molecule has 0 bridgehead atoms. The van der Waals surface area contributed by atoms with Crippen molar-refractivity contribution in [3.05, 3.63) is 28.8 Å². The number of benzene rings is 1. The van der Waals surface area contributed by atoms with Gasteiger partial charge in [0.25, 0.3) is 0 Å². The number of halogens is 1. The lowest BCUT2D eigenvalue weighted by Gasteiger charge is -2.10. The van der Waals surface area contributed by atoms with Crippen molar-refractivity contribution in [2.24, 2.45) is 0 Å².